The molecule has 2 amide bonds. The van der Waals surface area contributed by atoms with Gasteiger partial charge in [0.05, 0.1) is 11.7 Å². The molecule has 0 bridgehead atoms. The minimum absolute atomic E-state index is 0. The third-order valence-electron chi connectivity index (χ3n) is 4.99. The number of nitrogen functional groups attached to an aromatic ring is 1. The van der Waals surface area contributed by atoms with E-state index in [0.29, 0.717) is 12.0 Å². The number of carbonyl (C=O) groups is 4. The first kappa shape index (κ1) is 25.2. The quantitative estimate of drug-likeness (QED) is 0.0857. The first-order chi connectivity index (χ1) is 15.3. The van der Waals surface area contributed by atoms with Crippen LogP contribution in [0.1, 0.15) is 18.5 Å². The number of carbonyl (C=O) groups excluding carboxylic acids is 4. The van der Waals surface area contributed by atoms with E-state index in [9.17, 15) is 29.5 Å². The van der Waals surface area contributed by atoms with Crippen LogP contribution in [-0.4, -0.2) is 67.8 Å². The van der Waals surface area contributed by atoms with Crippen molar-refractivity contribution in [2.45, 2.75) is 30.4 Å². The fourth-order valence-electron chi connectivity index (χ4n) is 3.48. The topological polar surface area (TPSA) is 187 Å². The summed E-state index contributed by atoms with van der Waals surface area (Å²) in [5, 5.41) is 27.3. The summed E-state index contributed by atoms with van der Waals surface area (Å²) in [5.74, 6) is -3.14. The number of allylic oxidation sites excluding steroid dienone is 1. The Morgan fingerprint density at radius 1 is 1.42 bits per heavy atom. The van der Waals surface area contributed by atoms with Gasteiger partial charge in [0.2, 0.25) is 0 Å². The molecule has 4 rings (SSSR count). The number of aromatic nitrogens is 1. The summed E-state index contributed by atoms with van der Waals surface area (Å²) in [4.78, 5) is 53.1. The number of amides is 2. The number of nitrogens with one attached hydrogen (secondary N) is 1. The molecule has 15 heteroatoms. The number of fused-ring (bicyclic) bond motifs is 1. The number of aliphatic carboxylic acids is 1. The van der Waals surface area contributed by atoms with Gasteiger partial charge in [0, 0.05) is 17.6 Å². The van der Waals surface area contributed by atoms with Crippen molar-refractivity contribution in [2.75, 3.05) is 11.5 Å². The summed E-state index contributed by atoms with van der Waals surface area (Å²) in [7, 11) is 0. The van der Waals surface area contributed by atoms with Crippen molar-refractivity contribution in [1.29, 1.82) is 0 Å². The van der Waals surface area contributed by atoms with Crippen LogP contribution in [0.15, 0.2) is 34.0 Å². The molecule has 0 aromatic carbocycles. The van der Waals surface area contributed by atoms with E-state index in [1.54, 1.807) is 6.08 Å². The molecule has 3 aliphatic heterocycles. The van der Waals surface area contributed by atoms with E-state index in [1.807, 2.05) is 0 Å². The van der Waals surface area contributed by atoms with Crippen LogP contribution in [0.25, 0.3) is 0 Å². The van der Waals surface area contributed by atoms with Gasteiger partial charge in [-0.2, -0.15) is 0 Å². The van der Waals surface area contributed by atoms with E-state index in [-0.39, 0.29) is 64.2 Å². The second-order valence-electron chi connectivity index (χ2n) is 6.97. The zero-order chi connectivity index (χ0) is 23.0. The van der Waals surface area contributed by atoms with Crippen molar-refractivity contribution in [2.24, 2.45) is 5.16 Å². The van der Waals surface area contributed by atoms with Gasteiger partial charge in [-0.25, -0.2) is 4.98 Å². The van der Waals surface area contributed by atoms with Crippen LogP contribution in [0, 0.1) is 0 Å². The van der Waals surface area contributed by atoms with E-state index in [4.69, 9.17) is 10.5 Å². The van der Waals surface area contributed by atoms with Gasteiger partial charge in [0.25, 0.3) is 11.8 Å². The minimum Gasteiger partial charge on any atom is -0.543 e. The monoisotopic (exact) mass is 501 g/mol. The molecule has 168 valence electrons. The smallest absolute Gasteiger partial charge is 0.543 e. The number of rotatable bonds is 6. The zero-order valence-electron chi connectivity index (χ0n) is 17.2. The predicted octanol–water partition coefficient (Wildman–Crippen LogP) is -4.43. The second kappa shape index (κ2) is 10.3. The molecular weight excluding hydrogens is 485 g/mol. The molecule has 0 radical (unpaired) electrons. The second-order valence-corrected chi connectivity index (χ2v) is 8.96. The number of anilines is 1. The summed E-state index contributed by atoms with van der Waals surface area (Å²) in [6.45, 7) is 0. The molecule has 4 heterocycles. The summed E-state index contributed by atoms with van der Waals surface area (Å²) in [6.07, 6.45) is 3.43. The molecule has 33 heavy (non-hydrogen) atoms. The number of nitrogens with two attached hydrogens (primary N) is 1. The van der Waals surface area contributed by atoms with Crippen LogP contribution in [0.5, 0.6) is 0 Å². The van der Waals surface area contributed by atoms with E-state index in [2.05, 4.69) is 15.5 Å². The third-order valence-corrected chi connectivity index (χ3v) is 6.96. The number of carboxylic acid groups (broad SMARTS) is 1. The van der Waals surface area contributed by atoms with Gasteiger partial charge >= 0.3 is 35.5 Å². The van der Waals surface area contributed by atoms with Gasteiger partial charge in [-0.1, -0.05) is 11.2 Å². The molecule has 3 aliphatic rings. The van der Waals surface area contributed by atoms with Gasteiger partial charge < -0.3 is 30.9 Å². The van der Waals surface area contributed by atoms with Gasteiger partial charge in [0.15, 0.2) is 10.8 Å². The maximum Gasteiger partial charge on any atom is 1.00 e. The zero-order valence-corrected chi connectivity index (χ0v) is 20.9. The number of nitrogens with zero attached hydrogens (tertiary/aromatic N) is 3. The van der Waals surface area contributed by atoms with Crippen LogP contribution < -0.4 is 45.7 Å². The predicted molar refractivity (Wildman–Crippen MR) is 110 cm³/mol. The summed E-state index contributed by atoms with van der Waals surface area (Å²) in [6, 6.07) is -1.03. The van der Waals surface area contributed by atoms with Gasteiger partial charge in [-0.05, 0) is 18.1 Å². The number of carboxylic acids is 1. The van der Waals surface area contributed by atoms with Crippen LogP contribution in [-0.2, 0) is 23.9 Å². The summed E-state index contributed by atoms with van der Waals surface area (Å²) < 4.78 is 5.07. The number of ether oxygens (including phenoxy) is 1. The van der Waals surface area contributed by atoms with Crippen LogP contribution in [0.3, 0.4) is 0 Å². The van der Waals surface area contributed by atoms with Gasteiger partial charge in [-0.3, -0.25) is 19.3 Å². The molecular formula is C18H16N5NaO7S2. The number of thiazole rings is 1. The molecule has 12 nitrogen and oxygen atoms in total. The first-order valence-corrected chi connectivity index (χ1v) is 11.2. The third kappa shape index (κ3) is 4.94. The van der Waals surface area contributed by atoms with E-state index in [1.165, 1.54) is 23.2 Å². The number of hydrogen-bond acceptors (Lipinski definition) is 12. The number of oxime groups is 1. The number of cyclic esters (lactones) is 1. The Hall–Kier alpha value is -2.39. The standard InChI is InChI=1S/C18H17N5O7S2.Na/c19-18-20-9(6-32-18)11(22-29)14(25)21-12-15(26)23-13(17(27)28)7(5-31-16(12)23)1-2-8-3-4-10(24)30-8;/h1-2,6,8,12,16,29H,3-5H2,(H2,19,20)(H,21,25)(H,27,28);/q;+1/p-1/b2-1+,22-11-;/t8?,12-,16-;/m1./s1. The average molecular weight is 501 g/mol. The average Bonchev–Trinajstić information content (AvgIpc) is 3.38. The molecule has 2 saturated heterocycles. The van der Waals surface area contributed by atoms with Gasteiger partial charge in [0.1, 0.15) is 23.2 Å². The molecule has 1 unspecified atom stereocenters. The molecule has 0 aliphatic carbocycles. The Bertz CT molecular complexity index is 1100. The number of β-lactam (4-membered cyclic amide) rings is 1. The summed E-state index contributed by atoms with van der Waals surface area (Å²) in [5.41, 5.74) is 5.19. The molecule has 1 aromatic rings. The van der Waals surface area contributed by atoms with Crippen molar-refractivity contribution < 1.29 is 63.8 Å². The van der Waals surface area contributed by atoms with E-state index >= 15 is 0 Å². The Balaban J connectivity index is 0.00000306. The van der Waals surface area contributed by atoms with Crippen molar-refractivity contribution in [3.63, 3.8) is 0 Å². The first-order valence-electron chi connectivity index (χ1n) is 9.31. The fraction of sp³-hybridized carbons (Fsp3) is 0.333. The van der Waals surface area contributed by atoms with E-state index in [0.717, 1.165) is 16.2 Å². The molecule has 3 atom stereocenters. The molecule has 0 saturated carbocycles. The normalized spacial score (nSPS) is 24.8. The molecule has 2 fully saturated rings. The fourth-order valence-corrected chi connectivity index (χ4v) is 5.35. The SMILES string of the molecule is Nc1nc(/C(=N/O)C(=O)N[C@@H]2C(=O)N3C(C(=O)[O-])=C(/C=C/C4CCC(=O)O4)CS[C@H]23)cs1.[Na+]. The van der Waals surface area contributed by atoms with Crippen molar-refractivity contribution in [1.82, 2.24) is 15.2 Å². The maximum atomic E-state index is 12.7. The van der Waals surface area contributed by atoms with Crippen LogP contribution in [0.2, 0.25) is 0 Å². The minimum atomic E-state index is -1.54. The van der Waals surface area contributed by atoms with Crippen LogP contribution in [0.4, 0.5) is 5.13 Å². The van der Waals surface area contributed by atoms with Crippen molar-refractivity contribution in [3.8, 4) is 0 Å². The Morgan fingerprint density at radius 3 is 2.76 bits per heavy atom. The largest absolute Gasteiger partial charge is 1.00 e. The molecule has 1 aromatic heterocycles. The van der Waals surface area contributed by atoms with E-state index < -0.39 is 41.0 Å². The maximum absolute atomic E-state index is 12.7. The Kier molecular flexibility index (Phi) is 7.84. The number of esters is 1. The van der Waals surface area contributed by atoms with Gasteiger partial charge in [-0.15, -0.1) is 23.1 Å². The molecule has 4 N–H and O–H groups in total. The number of thioether (sulfide) groups is 1. The Labute approximate surface area is 217 Å². The number of hydrogen-bond donors (Lipinski definition) is 3. The molecule has 0 spiro atoms. The van der Waals surface area contributed by atoms with Crippen LogP contribution >= 0.6 is 23.1 Å². The Morgan fingerprint density at radius 2 is 2.18 bits per heavy atom. The van der Waals surface area contributed by atoms with Crippen molar-refractivity contribution >= 4 is 57.7 Å². The van der Waals surface area contributed by atoms with Crippen molar-refractivity contribution in [3.05, 3.63) is 34.5 Å². The summed E-state index contributed by atoms with van der Waals surface area (Å²) >= 11 is 2.29.